The van der Waals surface area contributed by atoms with Gasteiger partial charge >= 0.3 is 0 Å². The number of aliphatic hydroxyl groups is 1. The highest BCUT2D eigenvalue weighted by molar-refractivity contribution is 5.93. The average molecular weight is 225 g/mol. The molecule has 0 atom stereocenters. The smallest absolute Gasteiger partial charge is 0.257 e. The zero-order valence-corrected chi connectivity index (χ0v) is 9.69. The molecule has 0 spiro atoms. The van der Waals surface area contributed by atoms with Gasteiger partial charge in [-0.25, -0.2) is 0 Å². The topological polar surface area (TPSA) is 53.7 Å². The first-order valence-corrected chi connectivity index (χ1v) is 5.72. The van der Waals surface area contributed by atoms with Gasteiger partial charge in [-0.1, -0.05) is 19.8 Å². The summed E-state index contributed by atoms with van der Waals surface area (Å²) >= 11 is 0. The van der Waals surface area contributed by atoms with E-state index >= 15 is 0 Å². The predicted octanol–water partition coefficient (Wildman–Crippen LogP) is 1.90. The normalized spacial score (nSPS) is 10.4. The lowest BCUT2D eigenvalue weighted by Crippen LogP contribution is -2.34. The third kappa shape index (κ3) is 3.70. The van der Waals surface area contributed by atoms with Crippen LogP contribution in [0.15, 0.2) is 23.0 Å². The monoisotopic (exact) mass is 225 g/mol. The minimum atomic E-state index is -0.0705. The highest BCUT2D eigenvalue weighted by atomic mass is 16.3. The summed E-state index contributed by atoms with van der Waals surface area (Å²) in [5.74, 6) is -0.0705. The van der Waals surface area contributed by atoms with E-state index in [1.54, 1.807) is 11.0 Å². The maximum absolute atomic E-state index is 11.9. The van der Waals surface area contributed by atoms with Gasteiger partial charge in [-0.15, -0.1) is 0 Å². The number of unbranched alkanes of at least 4 members (excludes halogenated alkanes) is 2. The Morgan fingerprint density at radius 1 is 1.44 bits per heavy atom. The summed E-state index contributed by atoms with van der Waals surface area (Å²) in [7, 11) is 0. The number of nitrogens with zero attached hydrogens (tertiary/aromatic N) is 1. The number of carbonyl (C=O) groups excluding carboxylic acids is 1. The molecule has 16 heavy (non-hydrogen) atoms. The van der Waals surface area contributed by atoms with Gasteiger partial charge in [-0.2, -0.15) is 0 Å². The Hall–Kier alpha value is -1.29. The van der Waals surface area contributed by atoms with E-state index in [1.807, 2.05) is 0 Å². The van der Waals surface area contributed by atoms with Crippen LogP contribution in [0, 0.1) is 0 Å². The molecule has 90 valence electrons. The second kappa shape index (κ2) is 7.06. The lowest BCUT2D eigenvalue weighted by molar-refractivity contribution is 0.0718. The summed E-state index contributed by atoms with van der Waals surface area (Å²) in [6.45, 7) is 3.19. The van der Waals surface area contributed by atoms with Crippen molar-refractivity contribution in [1.82, 2.24) is 4.90 Å². The van der Waals surface area contributed by atoms with Crippen LogP contribution < -0.4 is 0 Å². The Balaban J connectivity index is 2.52. The molecule has 0 aliphatic rings. The number of hydrogen-bond donors (Lipinski definition) is 1. The van der Waals surface area contributed by atoms with Crippen LogP contribution in [0.5, 0.6) is 0 Å². The van der Waals surface area contributed by atoms with Crippen LogP contribution in [0.1, 0.15) is 36.5 Å². The van der Waals surface area contributed by atoms with Gasteiger partial charge in [0.1, 0.15) is 6.26 Å². The Labute approximate surface area is 95.9 Å². The van der Waals surface area contributed by atoms with Crippen LogP contribution in [0.4, 0.5) is 0 Å². The molecular formula is C12H19NO3. The van der Waals surface area contributed by atoms with Crippen molar-refractivity contribution in [2.45, 2.75) is 26.2 Å². The standard InChI is InChI=1S/C12H19NO3/c1-2-3-4-6-13(7-8-14)12(15)11-5-9-16-10-11/h5,9-10,14H,2-4,6-8H2,1H3. The molecule has 0 fully saturated rings. The van der Waals surface area contributed by atoms with Crippen LogP contribution in [-0.2, 0) is 0 Å². The SMILES string of the molecule is CCCCCN(CCO)C(=O)c1ccoc1. The van der Waals surface area contributed by atoms with Crippen LogP contribution >= 0.6 is 0 Å². The number of amides is 1. The molecule has 1 N–H and O–H groups in total. The van der Waals surface area contributed by atoms with E-state index in [0.717, 1.165) is 19.3 Å². The molecule has 0 radical (unpaired) electrons. The van der Waals surface area contributed by atoms with Crippen molar-refractivity contribution in [3.8, 4) is 0 Å². The summed E-state index contributed by atoms with van der Waals surface area (Å²) in [4.78, 5) is 13.6. The summed E-state index contributed by atoms with van der Waals surface area (Å²) < 4.78 is 4.88. The minimum Gasteiger partial charge on any atom is -0.472 e. The highest BCUT2D eigenvalue weighted by Gasteiger charge is 2.15. The first-order valence-electron chi connectivity index (χ1n) is 5.72. The third-order valence-corrected chi connectivity index (χ3v) is 2.46. The van der Waals surface area contributed by atoms with Crippen molar-refractivity contribution in [2.75, 3.05) is 19.7 Å². The van der Waals surface area contributed by atoms with Crippen molar-refractivity contribution in [3.05, 3.63) is 24.2 Å². The van der Waals surface area contributed by atoms with Gasteiger partial charge in [0, 0.05) is 13.1 Å². The molecule has 0 bridgehead atoms. The van der Waals surface area contributed by atoms with E-state index in [9.17, 15) is 4.79 Å². The molecule has 1 amide bonds. The van der Waals surface area contributed by atoms with Gasteiger partial charge < -0.3 is 14.4 Å². The molecule has 4 heteroatoms. The number of aliphatic hydroxyl groups excluding tert-OH is 1. The quantitative estimate of drug-likeness (QED) is 0.721. The van der Waals surface area contributed by atoms with E-state index in [-0.39, 0.29) is 12.5 Å². The predicted molar refractivity (Wildman–Crippen MR) is 61.2 cm³/mol. The zero-order chi connectivity index (χ0) is 11.8. The van der Waals surface area contributed by atoms with Gasteiger partial charge in [0.25, 0.3) is 5.91 Å². The summed E-state index contributed by atoms with van der Waals surface area (Å²) in [5.41, 5.74) is 0.546. The molecule has 1 heterocycles. The lowest BCUT2D eigenvalue weighted by Gasteiger charge is -2.20. The lowest BCUT2D eigenvalue weighted by atomic mass is 10.2. The molecule has 0 unspecified atom stereocenters. The number of furan rings is 1. The minimum absolute atomic E-state index is 0.00425. The van der Waals surface area contributed by atoms with Crippen molar-refractivity contribution < 1.29 is 14.3 Å². The zero-order valence-electron chi connectivity index (χ0n) is 9.69. The van der Waals surface area contributed by atoms with Crippen molar-refractivity contribution in [2.24, 2.45) is 0 Å². The Bertz CT molecular complexity index is 295. The van der Waals surface area contributed by atoms with Crippen molar-refractivity contribution in [3.63, 3.8) is 0 Å². The molecule has 0 aliphatic heterocycles. The fraction of sp³-hybridized carbons (Fsp3) is 0.583. The van der Waals surface area contributed by atoms with E-state index in [4.69, 9.17) is 9.52 Å². The van der Waals surface area contributed by atoms with Gasteiger partial charge in [0.15, 0.2) is 0 Å². The number of hydrogen-bond acceptors (Lipinski definition) is 3. The maximum atomic E-state index is 11.9. The molecule has 0 aromatic carbocycles. The van der Waals surface area contributed by atoms with E-state index in [2.05, 4.69) is 6.92 Å². The molecule has 0 aliphatic carbocycles. The average Bonchev–Trinajstić information content (AvgIpc) is 2.81. The second-order valence-corrected chi connectivity index (χ2v) is 3.73. The summed E-state index contributed by atoms with van der Waals surface area (Å²) in [5, 5.41) is 8.92. The second-order valence-electron chi connectivity index (χ2n) is 3.73. The third-order valence-electron chi connectivity index (χ3n) is 2.46. The maximum Gasteiger partial charge on any atom is 0.257 e. The van der Waals surface area contributed by atoms with Gasteiger partial charge in [-0.05, 0) is 12.5 Å². The van der Waals surface area contributed by atoms with Gasteiger partial charge in [-0.3, -0.25) is 4.79 Å². The fourth-order valence-corrected chi connectivity index (χ4v) is 1.56. The Morgan fingerprint density at radius 2 is 2.25 bits per heavy atom. The van der Waals surface area contributed by atoms with Gasteiger partial charge in [0.2, 0.25) is 0 Å². The number of rotatable bonds is 7. The van der Waals surface area contributed by atoms with Crippen molar-refractivity contribution >= 4 is 5.91 Å². The van der Waals surface area contributed by atoms with Crippen LogP contribution in [0.2, 0.25) is 0 Å². The van der Waals surface area contributed by atoms with Crippen LogP contribution in [0.3, 0.4) is 0 Å². The first kappa shape index (κ1) is 12.8. The van der Waals surface area contributed by atoms with Crippen LogP contribution in [0.25, 0.3) is 0 Å². The summed E-state index contributed by atoms with van der Waals surface area (Å²) in [6.07, 6.45) is 6.11. The summed E-state index contributed by atoms with van der Waals surface area (Å²) in [6, 6.07) is 1.65. The molecule has 0 saturated carbocycles. The molecule has 0 saturated heterocycles. The van der Waals surface area contributed by atoms with Crippen molar-refractivity contribution in [1.29, 1.82) is 0 Å². The van der Waals surface area contributed by atoms with E-state index < -0.39 is 0 Å². The largest absolute Gasteiger partial charge is 0.472 e. The molecule has 1 aromatic heterocycles. The Kier molecular flexibility index (Phi) is 5.64. The number of carbonyl (C=O) groups is 1. The highest BCUT2D eigenvalue weighted by Crippen LogP contribution is 2.07. The van der Waals surface area contributed by atoms with E-state index in [1.165, 1.54) is 12.5 Å². The van der Waals surface area contributed by atoms with E-state index in [0.29, 0.717) is 18.7 Å². The molecule has 1 aromatic rings. The fourth-order valence-electron chi connectivity index (χ4n) is 1.56. The Morgan fingerprint density at radius 3 is 2.81 bits per heavy atom. The molecular weight excluding hydrogens is 206 g/mol. The van der Waals surface area contributed by atoms with Gasteiger partial charge in [0.05, 0.1) is 18.4 Å². The molecule has 1 rings (SSSR count). The first-order chi connectivity index (χ1) is 7.79. The van der Waals surface area contributed by atoms with Crippen LogP contribution in [-0.4, -0.2) is 35.6 Å². The molecule has 4 nitrogen and oxygen atoms in total.